The van der Waals surface area contributed by atoms with Crippen LogP contribution in [0.1, 0.15) is 22.4 Å². The van der Waals surface area contributed by atoms with Gasteiger partial charge in [0.05, 0.1) is 12.7 Å². The van der Waals surface area contributed by atoms with E-state index in [2.05, 4.69) is 4.98 Å². The molecule has 0 fully saturated rings. The molecule has 0 spiro atoms. The van der Waals surface area contributed by atoms with Gasteiger partial charge in [-0.2, -0.15) is 0 Å². The number of nitrogen functional groups attached to an aromatic ring is 1. The molecule has 0 aliphatic heterocycles. The molecular formula is C16H19N3O2. The first-order valence-electron chi connectivity index (χ1n) is 6.59. The van der Waals surface area contributed by atoms with E-state index < -0.39 is 0 Å². The summed E-state index contributed by atoms with van der Waals surface area (Å²) in [5, 5.41) is 7.66. The van der Waals surface area contributed by atoms with Crippen LogP contribution in [0.4, 0.5) is 0 Å². The number of aryl methyl sites for hydroxylation is 2. The number of pyridine rings is 1. The lowest BCUT2D eigenvalue weighted by Crippen LogP contribution is -2.16. The van der Waals surface area contributed by atoms with Crippen molar-refractivity contribution in [2.24, 2.45) is 5.73 Å². The van der Waals surface area contributed by atoms with Gasteiger partial charge in [0.1, 0.15) is 18.2 Å². The quantitative estimate of drug-likeness (QED) is 0.653. The van der Waals surface area contributed by atoms with Gasteiger partial charge in [-0.15, -0.1) is 0 Å². The fraction of sp³-hybridized carbons (Fsp3) is 0.250. The third-order valence-electron chi connectivity index (χ3n) is 3.12. The first-order chi connectivity index (χ1) is 10.0. The molecule has 0 unspecified atom stereocenters. The highest BCUT2D eigenvalue weighted by Gasteiger charge is 2.13. The molecule has 0 aliphatic carbocycles. The summed E-state index contributed by atoms with van der Waals surface area (Å²) in [6, 6.07) is 9.49. The summed E-state index contributed by atoms with van der Waals surface area (Å²) in [5.41, 5.74) is 8.89. The van der Waals surface area contributed by atoms with Gasteiger partial charge < -0.3 is 15.2 Å². The van der Waals surface area contributed by atoms with Gasteiger partial charge in [0.25, 0.3) is 0 Å². The summed E-state index contributed by atoms with van der Waals surface area (Å²) in [6.45, 7) is 4.14. The zero-order chi connectivity index (χ0) is 15.4. The lowest BCUT2D eigenvalue weighted by atomic mass is 10.1. The summed E-state index contributed by atoms with van der Waals surface area (Å²) < 4.78 is 10.9. The van der Waals surface area contributed by atoms with Gasteiger partial charge in [0, 0.05) is 5.69 Å². The van der Waals surface area contributed by atoms with E-state index in [0.29, 0.717) is 18.1 Å². The molecule has 5 nitrogen and oxygen atoms in total. The molecule has 0 saturated carbocycles. The maximum Gasteiger partial charge on any atom is 0.225 e. The molecule has 0 bridgehead atoms. The summed E-state index contributed by atoms with van der Waals surface area (Å²) in [7, 11) is 1.63. The predicted molar refractivity (Wildman–Crippen MR) is 82.1 cm³/mol. The molecule has 2 rings (SSSR count). The van der Waals surface area contributed by atoms with Crippen molar-refractivity contribution in [1.82, 2.24) is 4.98 Å². The SMILES string of the molecule is COc1ccc(COc2nc(C)cc(C)c2C(=N)N)cc1. The molecule has 0 saturated heterocycles. The minimum absolute atomic E-state index is 0.0373. The fourth-order valence-corrected chi connectivity index (χ4v) is 2.11. The Kier molecular flexibility index (Phi) is 4.42. The molecule has 110 valence electrons. The Bertz CT molecular complexity index is 651. The molecule has 1 aromatic heterocycles. The second-order valence-corrected chi connectivity index (χ2v) is 4.81. The van der Waals surface area contributed by atoms with Crippen molar-refractivity contribution < 1.29 is 9.47 Å². The van der Waals surface area contributed by atoms with Gasteiger partial charge in [-0.05, 0) is 43.2 Å². The molecule has 1 aromatic carbocycles. The van der Waals surface area contributed by atoms with E-state index in [4.69, 9.17) is 20.6 Å². The van der Waals surface area contributed by atoms with E-state index in [0.717, 1.165) is 22.6 Å². The second kappa shape index (κ2) is 6.26. The molecule has 0 amide bonds. The lowest BCUT2D eigenvalue weighted by Gasteiger charge is -2.13. The smallest absolute Gasteiger partial charge is 0.225 e. The van der Waals surface area contributed by atoms with Crippen molar-refractivity contribution in [3.8, 4) is 11.6 Å². The molecule has 2 aromatic rings. The zero-order valence-electron chi connectivity index (χ0n) is 12.4. The van der Waals surface area contributed by atoms with Crippen molar-refractivity contribution in [3.05, 3.63) is 52.7 Å². The predicted octanol–water partition coefficient (Wildman–Crippen LogP) is 2.57. The number of benzene rings is 1. The molecule has 3 N–H and O–H groups in total. The molecule has 1 heterocycles. The van der Waals surface area contributed by atoms with Gasteiger partial charge in [0.15, 0.2) is 0 Å². The Balaban J connectivity index is 2.20. The van der Waals surface area contributed by atoms with Crippen LogP contribution in [0.2, 0.25) is 0 Å². The monoisotopic (exact) mass is 285 g/mol. The summed E-state index contributed by atoms with van der Waals surface area (Å²) >= 11 is 0. The van der Waals surface area contributed by atoms with E-state index in [1.807, 2.05) is 44.2 Å². The van der Waals surface area contributed by atoms with Crippen LogP contribution < -0.4 is 15.2 Å². The zero-order valence-corrected chi connectivity index (χ0v) is 12.4. The third-order valence-corrected chi connectivity index (χ3v) is 3.12. The van der Waals surface area contributed by atoms with Gasteiger partial charge in [-0.3, -0.25) is 5.41 Å². The molecule has 21 heavy (non-hydrogen) atoms. The minimum atomic E-state index is -0.0373. The topological polar surface area (TPSA) is 81.2 Å². The number of amidine groups is 1. The maximum absolute atomic E-state index is 7.66. The molecular weight excluding hydrogens is 266 g/mol. The van der Waals surface area contributed by atoms with Gasteiger partial charge in [-0.1, -0.05) is 12.1 Å². The number of hydrogen-bond donors (Lipinski definition) is 2. The lowest BCUT2D eigenvalue weighted by molar-refractivity contribution is 0.292. The summed E-state index contributed by atoms with van der Waals surface area (Å²) in [4.78, 5) is 4.34. The van der Waals surface area contributed by atoms with E-state index in [-0.39, 0.29) is 5.84 Å². The Morgan fingerprint density at radius 3 is 2.48 bits per heavy atom. The number of aromatic nitrogens is 1. The highest BCUT2D eigenvalue weighted by molar-refractivity contribution is 5.98. The second-order valence-electron chi connectivity index (χ2n) is 4.81. The fourth-order valence-electron chi connectivity index (χ4n) is 2.11. The molecule has 0 radical (unpaired) electrons. The third kappa shape index (κ3) is 3.51. The number of nitrogens with one attached hydrogen (secondary N) is 1. The number of nitrogens with two attached hydrogens (primary N) is 1. The van der Waals surface area contributed by atoms with Crippen molar-refractivity contribution >= 4 is 5.84 Å². The Morgan fingerprint density at radius 2 is 1.90 bits per heavy atom. The van der Waals surface area contributed by atoms with Crippen LogP contribution in [0.15, 0.2) is 30.3 Å². The first-order valence-corrected chi connectivity index (χ1v) is 6.59. The maximum atomic E-state index is 7.66. The van der Waals surface area contributed by atoms with Gasteiger partial charge in [0.2, 0.25) is 5.88 Å². The van der Waals surface area contributed by atoms with Crippen molar-refractivity contribution in [2.45, 2.75) is 20.5 Å². The van der Waals surface area contributed by atoms with Crippen molar-refractivity contribution in [3.63, 3.8) is 0 Å². The largest absolute Gasteiger partial charge is 0.497 e. The van der Waals surface area contributed by atoms with Gasteiger partial charge >= 0.3 is 0 Å². The average Bonchev–Trinajstić information content (AvgIpc) is 2.44. The summed E-state index contributed by atoms with van der Waals surface area (Å²) in [5.74, 6) is 1.16. The number of rotatable bonds is 5. The van der Waals surface area contributed by atoms with Crippen LogP contribution >= 0.6 is 0 Å². The van der Waals surface area contributed by atoms with Crippen LogP contribution in [0.3, 0.4) is 0 Å². The van der Waals surface area contributed by atoms with Crippen LogP contribution in [-0.4, -0.2) is 17.9 Å². The first kappa shape index (κ1) is 14.8. The molecule has 0 aliphatic rings. The van der Waals surface area contributed by atoms with E-state index in [1.165, 1.54) is 0 Å². The number of hydrogen-bond acceptors (Lipinski definition) is 4. The van der Waals surface area contributed by atoms with Crippen LogP contribution in [-0.2, 0) is 6.61 Å². The van der Waals surface area contributed by atoms with E-state index in [1.54, 1.807) is 7.11 Å². The minimum Gasteiger partial charge on any atom is -0.497 e. The van der Waals surface area contributed by atoms with E-state index >= 15 is 0 Å². The van der Waals surface area contributed by atoms with Crippen LogP contribution in [0, 0.1) is 19.3 Å². The normalized spacial score (nSPS) is 10.2. The highest BCUT2D eigenvalue weighted by atomic mass is 16.5. The Hall–Kier alpha value is -2.56. The van der Waals surface area contributed by atoms with Crippen LogP contribution in [0.25, 0.3) is 0 Å². The molecule has 5 heteroatoms. The standard InChI is InChI=1S/C16H19N3O2/c1-10-8-11(2)19-16(14(10)15(17)18)21-9-12-4-6-13(20-3)7-5-12/h4-8H,9H2,1-3H3,(H3,17,18). The van der Waals surface area contributed by atoms with Crippen LogP contribution in [0.5, 0.6) is 11.6 Å². The van der Waals surface area contributed by atoms with E-state index in [9.17, 15) is 0 Å². The Morgan fingerprint density at radius 1 is 1.24 bits per heavy atom. The van der Waals surface area contributed by atoms with Crippen molar-refractivity contribution in [2.75, 3.05) is 7.11 Å². The summed E-state index contributed by atoms with van der Waals surface area (Å²) in [6.07, 6.45) is 0. The number of ether oxygens (including phenoxy) is 2. The highest BCUT2D eigenvalue weighted by Crippen LogP contribution is 2.22. The molecule has 0 atom stereocenters. The number of methoxy groups -OCH3 is 1. The van der Waals surface area contributed by atoms with Crippen molar-refractivity contribution in [1.29, 1.82) is 5.41 Å². The average molecular weight is 285 g/mol. The Labute approximate surface area is 124 Å². The van der Waals surface area contributed by atoms with Gasteiger partial charge in [-0.25, -0.2) is 4.98 Å². The number of nitrogens with zero attached hydrogens (tertiary/aromatic N) is 1.